The quantitative estimate of drug-likeness (QED) is 0.430. The lowest BCUT2D eigenvalue weighted by Gasteiger charge is -2.13. The van der Waals surface area contributed by atoms with Crippen LogP contribution in [0.15, 0.2) is 35.9 Å². The number of phenolic OH excluding ortho intramolecular Hbond substituents is 1. The molecule has 0 aromatic heterocycles. The van der Waals surface area contributed by atoms with Crippen LogP contribution in [0, 0.1) is 5.92 Å². The van der Waals surface area contributed by atoms with Crippen LogP contribution in [0.25, 0.3) is 0 Å². The van der Waals surface area contributed by atoms with Gasteiger partial charge < -0.3 is 14.6 Å². The first kappa shape index (κ1) is 17.6. The van der Waals surface area contributed by atoms with E-state index in [1.807, 2.05) is 0 Å². The lowest BCUT2D eigenvalue weighted by Crippen LogP contribution is -2.16. The summed E-state index contributed by atoms with van der Waals surface area (Å²) in [6, 6.07) is 6.64. The zero-order valence-corrected chi connectivity index (χ0v) is 12.5. The van der Waals surface area contributed by atoms with Crippen molar-refractivity contribution in [3.8, 4) is 5.75 Å². The Labute approximate surface area is 129 Å². The number of phenols is 1. The fourth-order valence-electron chi connectivity index (χ4n) is 2.06. The van der Waals surface area contributed by atoms with Gasteiger partial charge in [-0.15, -0.1) is 0 Å². The SMILES string of the molecule is C/C=C(/C=O)[C@@H](CC=O)CC(=O)OCCc1ccc(O)cc1. The van der Waals surface area contributed by atoms with Crippen LogP contribution in [0.1, 0.15) is 25.3 Å². The van der Waals surface area contributed by atoms with Gasteiger partial charge in [0.25, 0.3) is 0 Å². The molecule has 1 aromatic rings. The molecule has 0 spiro atoms. The molecule has 0 aliphatic heterocycles. The normalized spacial score (nSPS) is 12.5. The molecule has 0 amide bonds. The van der Waals surface area contributed by atoms with Gasteiger partial charge in [-0.2, -0.15) is 0 Å². The molecule has 118 valence electrons. The third-order valence-electron chi connectivity index (χ3n) is 3.32. The van der Waals surface area contributed by atoms with Crippen molar-refractivity contribution < 1.29 is 24.2 Å². The standard InChI is InChI=1S/C17H20O5/c1-2-14(12-19)15(7-9-18)11-17(21)22-10-8-13-3-5-16(20)6-4-13/h2-6,9,12,15,20H,7-8,10-11H2,1H3/b14-2-/t15-/m0/s1. The van der Waals surface area contributed by atoms with Gasteiger partial charge in [-0.3, -0.25) is 9.59 Å². The highest BCUT2D eigenvalue weighted by atomic mass is 16.5. The van der Waals surface area contributed by atoms with E-state index in [4.69, 9.17) is 4.74 Å². The van der Waals surface area contributed by atoms with E-state index in [1.54, 1.807) is 37.3 Å². The van der Waals surface area contributed by atoms with Crippen molar-refractivity contribution in [2.75, 3.05) is 6.61 Å². The first-order chi connectivity index (χ1) is 10.6. The highest BCUT2D eigenvalue weighted by Crippen LogP contribution is 2.18. The molecule has 0 saturated carbocycles. The molecule has 0 heterocycles. The minimum Gasteiger partial charge on any atom is -0.508 e. The smallest absolute Gasteiger partial charge is 0.306 e. The summed E-state index contributed by atoms with van der Waals surface area (Å²) in [5.41, 5.74) is 1.37. The second-order valence-corrected chi connectivity index (χ2v) is 4.85. The van der Waals surface area contributed by atoms with Gasteiger partial charge in [0, 0.05) is 18.8 Å². The zero-order valence-electron chi connectivity index (χ0n) is 12.5. The number of aromatic hydroxyl groups is 1. The molecule has 0 bridgehead atoms. The molecule has 1 rings (SSSR count). The molecule has 22 heavy (non-hydrogen) atoms. The summed E-state index contributed by atoms with van der Waals surface area (Å²) in [7, 11) is 0. The van der Waals surface area contributed by atoms with Gasteiger partial charge >= 0.3 is 5.97 Å². The number of benzene rings is 1. The zero-order chi connectivity index (χ0) is 16.4. The summed E-state index contributed by atoms with van der Waals surface area (Å²) in [5, 5.41) is 9.17. The predicted octanol–water partition coefficient (Wildman–Crippen LogP) is 2.22. The molecule has 0 unspecified atom stereocenters. The molecular formula is C17H20O5. The minimum atomic E-state index is -0.438. The average Bonchev–Trinajstić information content (AvgIpc) is 2.50. The summed E-state index contributed by atoms with van der Waals surface area (Å²) in [6.45, 7) is 1.90. The number of aldehydes is 2. The monoisotopic (exact) mass is 304 g/mol. The van der Waals surface area contributed by atoms with Gasteiger partial charge in [-0.1, -0.05) is 18.2 Å². The number of carbonyl (C=O) groups is 3. The lowest BCUT2D eigenvalue weighted by atomic mass is 9.93. The fraction of sp³-hybridized carbons (Fsp3) is 0.353. The Balaban J connectivity index is 2.45. The number of allylic oxidation sites excluding steroid dienone is 2. The number of hydrogen-bond donors (Lipinski definition) is 1. The fourth-order valence-corrected chi connectivity index (χ4v) is 2.06. The van der Waals surface area contributed by atoms with Crippen LogP contribution in [-0.2, 0) is 25.5 Å². The van der Waals surface area contributed by atoms with E-state index in [9.17, 15) is 19.5 Å². The molecule has 5 heteroatoms. The van der Waals surface area contributed by atoms with Crippen LogP contribution in [0.4, 0.5) is 0 Å². The van der Waals surface area contributed by atoms with E-state index in [1.165, 1.54) is 0 Å². The Hall–Kier alpha value is -2.43. The van der Waals surface area contributed by atoms with Crippen molar-refractivity contribution in [3.63, 3.8) is 0 Å². The molecule has 0 fully saturated rings. The Morgan fingerprint density at radius 2 is 1.95 bits per heavy atom. The van der Waals surface area contributed by atoms with Gasteiger partial charge in [0.15, 0.2) is 0 Å². The molecule has 0 aliphatic rings. The number of esters is 1. The van der Waals surface area contributed by atoms with Crippen molar-refractivity contribution in [2.24, 2.45) is 5.92 Å². The molecule has 5 nitrogen and oxygen atoms in total. The van der Waals surface area contributed by atoms with E-state index in [0.717, 1.165) is 5.56 Å². The van der Waals surface area contributed by atoms with Crippen molar-refractivity contribution in [3.05, 3.63) is 41.5 Å². The Morgan fingerprint density at radius 1 is 1.27 bits per heavy atom. The summed E-state index contributed by atoms with van der Waals surface area (Å²) in [4.78, 5) is 33.3. The Morgan fingerprint density at radius 3 is 2.50 bits per heavy atom. The maximum Gasteiger partial charge on any atom is 0.306 e. The lowest BCUT2D eigenvalue weighted by molar-refractivity contribution is -0.144. The van der Waals surface area contributed by atoms with E-state index >= 15 is 0 Å². The molecule has 0 saturated heterocycles. The number of rotatable bonds is 9. The van der Waals surface area contributed by atoms with Crippen molar-refractivity contribution in [2.45, 2.75) is 26.2 Å². The third-order valence-corrected chi connectivity index (χ3v) is 3.32. The van der Waals surface area contributed by atoms with E-state index in [-0.39, 0.29) is 25.2 Å². The number of carbonyl (C=O) groups excluding carboxylic acids is 3. The van der Waals surface area contributed by atoms with Crippen molar-refractivity contribution in [1.29, 1.82) is 0 Å². The molecule has 0 radical (unpaired) electrons. The second kappa shape index (κ2) is 9.50. The molecule has 1 aromatic carbocycles. The number of ether oxygens (including phenoxy) is 1. The van der Waals surface area contributed by atoms with Gasteiger partial charge in [-0.05, 0) is 30.2 Å². The summed E-state index contributed by atoms with van der Waals surface area (Å²) in [6.07, 6.45) is 3.62. The highest BCUT2D eigenvalue weighted by molar-refractivity contribution is 5.78. The van der Waals surface area contributed by atoms with Crippen molar-refractivity contribution in [1.82, 2.24) is 0 Å². The van der Waals surface area contributed by atoms with Crippen LogP contribution in [0.2, 0.25) is 0 Å². The van der Waals surface area contributed by atoms with E-state index in [2.05, 4.69) is 0 Å². The predicted molar refractivity (Wildman–Crippen MR) is 81.4 cm³/mol. The third kappa shape index (κ3) is 5.91. The van der Waals surface area contributed by atoms with E-state index < -0.39 is 11.9 Å². The number of hydrogen-bond acceptors (Lipinski definition) is 5. The second-order valence-electron chi connectivity index (χ2n) is 4.85. The van der Waals surface area contributed by atoms with Gasteiger partial charge in [0.1, 0.15) is 18.3 Å². The first-order valence-electron chi connectivity index (χ1n) is 7.09. The van der Waals surface area contributed by atoms with Crippen LogP contribution in [0.3, 0.4) is 0 Å². The van der Waals surface area contributed by atoms with Crippen LogP contribution in [0.5, 0.6) is 5.75 Å². The molecular weight excluding hydrogens is 284 g/mol. The summed E-state index contributed by atoms with van der Waals surface area (Å²) >= 11 is 0. The summed E-state index contributed by atoms with van der Waals surface area (Å²) in [5.74, 6) is -0.682. The minimum absolute atomic E-state index is 0.00668. The van der Waals surface area contributed by atoms with Gasteiger partial charge in [0.2, 0.25) is 0 Å². The first-order valence-corrected chi connectivity index (χ1v) is 7.09. The average molecular weight is 304 g/mol. The molecule has 0 aliphatic carbocycles. The topological polar surface area (TPSA) is 80.7 Å². The Bertz CT molecular complexity index is 530. The largest absolute Gasteiger partial charge is 0.508 e. The molecule has 1 N–H and O–H groups in total. The van der Waals surface area contributed by atoms with Crippen LogP contribution >= 0.6 is 0 Å². The maximum absolute atomic E-state index is 11.8. The van der Waals surface area contributed by atoms with Crippen LogP contribution < -0.4 is 0 Å². The van der Waals surface area contributed by atoms with Crippen molar-refractivity contribution >= 4 is 18.5 Å². The van der Waals surface area contributed by atoms with Crippen LogP contribution in [-0.4, -0.2) is 30.3 Å². The maximum atomic E-state index is 11.8. The van der Waals surface area contributed by atoms with Gasteiger partial charge in [0.05, 0.1) is 13.0 Å². The highest BCUT2D eigenvalue weighted by Gasteiger charge is 2.18. The van der Waals surface area contributed by atoms with E-state index in [0.29, 0.717) is 24.6 Å². The van der Waals surface area contributed by atoms with Gasteiger partial charge in [-0.25, -0.2) is 0 Å². The molecule has 1 atom stereocenters. The Kier molecular flexibility index (Phi) is 7.61. The summed E-state index contributed by atoms with van der Waals surface area (Å²) < 4.78 is 5.13.